The van der Waals surface area contributed by atoms with Gasteiger partial charge in [-0.15, -0.1) is 0 Å². The quantitative estimate of drug-likeness (QED) is 0.754. The van der Waals surface area contributed by atoms with E-state index in [0.29, 0.717) is 35.7 Å². The van der Waals surface area contributed by atoms with Gasteiger partial charge in [-0.3, -0.25) is 9.59 Å². The first-order valence-corrected chi connectivity index (χ1v) is 9.11. The summed E-state index contributed by atoms with van der Waals surface area (Å²) in [7, 11) is 1.74. The highest BCUT2D eigenvalue weighted by Gasteiger charge is 2.21. The summed E-state index contributed by atoms with van der Waals surface area (Å²) in [5, 5.41) is 2.86. The zero-order chi connectivity index (χ0) is 19.5. The molecule has 1 aliphatic rings. The van der Waals surface area contributed by atoms with E-state index >= 15 is 0 Å². The molecule has 0 spiro atoms. The van der Waals surface area contributed by atoms with Crippen molar-refractivity contribution in [3.63, 3.8) is 0 Å². The monoisotopic (exact) mass is 372 g/mol. The highest BCUT2D eigenvalue weighted by atomic mass is 16.5. The van der Waals surface area contributed by atoms with Crippen LogP contribution in [-0.4, -0.2) is 36.9 Å². The van der Waals surface area contributed by atoms with Crippen molar-refractivity contribution >= 4 is 17.5 Å². The summed E-state index contributed by atoms with van der Waals surface area (Å²) < 4.78 is 5.61. The molecule has 0 saturated carbocycles. The molecule has 5 nitrogen and oxygen atoms in total. The maximum Gasteiger partial charge on any atom is 0.257 e. The van der Waals surface area contributed by atoms with E-state index < -0.39 is 0 Å². The molecule has 0 radical (unpaired) electrons. The minimum atomic E-state index is -0.227. The predicted octanol–water partition coefficient (Wildman–Crippen LogP) is 4.07. The molecule has 0 saturated heterocycles. The number of hydrogen-bond donors (Lipinski definition) is 1. The highest BCUT2D eigenvalue weighted by Crippen LogP contribution is 2.26. The van der Waals surface area contributed by atoms with Crippen molar-refractivity contribution in [3.8, 4) is 16.9 Å². The number of nitrogens with zero attached hydrogens (tertiary/aromatic N) is 1. The molecule has 0 atom stereocenters. The Morgan fingerprint density at radius 1 is 0.964 bits per heavy atom. The number of carbonyl (C=O) groups excluding carboxylic acids is 2. The maximum atomic E-state index is 12.6. The Kier molecular flexibility index (Phi) is 4.81. The van der Waals surface area contributed by atoms with Gasteiger partial charge in [0.1, 0.15) is 12.4 Å². The predicted molar refractivity (Wildman–Crippen MR) is 109 cm³/mol. The van der Waals surface area contributed by atoms with Crippen LogP contribution in [0.25, 0.3) is 11.1 Å². The van der Waals surface area contributed by atoms with Gasteiger partial charge in [0, 0.05) is 18.3 Å². The van der Waals surface area contributed by atoms with Crippen molar-refractivity contribution in [1.82, 2.24) is 4.90 Å². The van der Waals surface area contributed by atoms with Gasteiger partial charge in [-0.05, 0) is 41.5 Å². The van der Waals surface area contributed by atoms with Crippen molar-refractivity contribution < 1.29 is 14.3 Å². The second-order valence-electron chi connectivity index (χ2n) is 6.68. The summed E-state index contributed by atoms with van der Waals surface area (Å²) in [6.45, 7) is 0.984. The van der Waals surface area contributed by atoms with Crippen LogP contribution in [-0.2, 0) is 0 Å². The van der Waals surface area contributed by atoms with E-state index in [1.165, 1.54) is 0 Å². The molecular weight excluding hydrogens is 352 g/mol. The highest BCUT2D eigenvalue weighted by molar-refractivity contribution is 6.05. The number of anilines is 1. The number of amides is 2. The first kappa shape index (κ1) is 17.8. The van der Waals surface area contributed by atoms with Crippen molar-refractivity contribution in [2.75, 3.05) is 25.5 Å². The van der Waals surface area contributed by atoms with E-state index in [4.69, 9.17) is 4.74 Å². The van der Waals surface area contributed by atoms with E-state index in [1.54, 1.807) is 42.3 Å². The Bertz CT molecular complexity index is 1010. The standard InChI is InChI=1S/C23H20N2O3/c1-25-13-14-28-21-12-11-19(15-20(21)23(25)27)24-22(26)18-9-7-17(8-10-18)16-5-3-2-4-6-16/h2-12,15H,13-14H2,1H3,(H,24,26). The smallest absolute Gasteiger partial charge is 0.257 e. The van der Waals surface area contributed by atoms with E-state index in [-0.39, 0.29) is 11.8 Å². The Morgan fingerprint density at radius 2 is 1.68 bits per heavy atom. The topological polar surface area (TPSA) is 58.6 Å². The van der Waals surface area contributed by atoms with Crippen LogP contribution in [0, 0.1) is 0 Å². The first-order valence-electron chi connectivity index (χ1n) is 9.11. The zero-order valence-electron chi connectivity index (χ0n) is 15.5. The van der Waals surface area contributed by atoms with Crippen LogP contribution in [0.2, 0.25) is 0 Å². The zero-order valence-corrected chi connectivity index (χ0v) is 15.5. The summed E-state index contributed by atoms with van der Waals surface area (Å²) in [5.41, 5.74) is 3.71. The lowest BCUT2D eigenvalue weighted by atomic mass is 10.0. The number of fused-ring (bicyclic) bond motifs is 1. The first-order chi connectivity index (χ1) is 13.6. The second-order valence-corrected chi connectivity index (χ2v) is 6.68. The van der Waals surface area contributed by atoms with Crippen LogP contribution >= 0.6 is 0 Å². The molecule has 28 heavy (non-hydrogen) atoms. The fourth-order valence-electron chi connectivity index (χ4n) is 3.15. The SMILES string of the molecule is CN1CCOc2ccc(NC(=O)c3ccc(-c4ccccc4)cc3)cc2C1=O. The minimum Gasteiger partial charge on any atom is -0.491 e. The van der Waals surface area contributed by atoms with Crippen molar-refractivity contribution in [2.24, 2.45) is 0 Å². The lowest BCUT2D eigenvalue weighted by Gasteiger charge is -2.13. The number of hydrogen-bond acceptors (Lipinski definition) is 3. The molecule has 0 fully saturated rings. The molecule has 140 valence electrons. The van der Waals surface area contributed by atoms with Gasteiger partial charge in [0.2, 0.25) is 0 Å². The van der Waals surface area contributed by atoms with Crippen molar-refractivity contribution in [2.45, 2.75) is 0 Å². The van der Waals surface area contributed by atoms with E-state index in [9.17, 15) is 9.59 Å². The van der Waals surface area contributed by atoms with Crippen molar-refractivity contribution in [3.05, 3.63) is 83.9 Å². The molecule has 1 aliphatic heterocycles. The lowest BCUT2D eigenvalue weighted by Crippen LogP contribution is -2.27. The molecule has 5 heteroatoms. The molecule has 1 heterocycles. The lowest BCUT2D eigenvalue weighted by molar-refractivity contribution is 0.0796. The third-order valence-electron chi connectivity index (χ3n) is 4.75. The van der Waals surface area contributed by atoms with Gasteiger partial charge in [-0.25, -0.2) is 0 Å². The molecular formula is C23H20N2O3. The molecule has 1 N–H and O–H groups in total. The second kappa shape index (κ2) is 7.56. The van der Waals surface area contributed by atoms with Gasteiger partial charge < -0.3 is 15.0 Å². The summed E-state index contributed by atoms with van der Waals surface area (Å²) in [4.78, 5) is 26.7. The molecule has 3 aromatic rings. The molecule has 2 amide bonds. The van der Waals surface area contributed by atoms with Crippen LogP contribution < -0.4 is 10.1 Å². The maximum absolute atomic E-state index is 12.6. The minimum absolute atomic E-state index is 0.115. The average Bonchev–Trinajstić information content (AvgIpc) is 2.87. The van der Waals surface area contributed by atoms with Crippen LogP contribution in [0.15, 0.2) is 72.8 Å². The number of ether oxygens (including phenoxy) is 1. The fraction of sp³-hybridized carbons (Fsp3) is 0.130. The third-order valence-corrected chi connectivity index (χ3v) is 4.75. The van der Waals surface area contributed by atoms with E-state index in [1.807, 2.05) is 42.5 Å². The van der Waals surface area contributed by atoms with Gasteiger partial charge in [0.25, 0.3) is 11.8 Å². The Labute approximate surface area is 163 Å². The Balaban J connectivity index is 1.52. The average molecular weight is 372 g/mol. The summed E-state index contributed by atoms with van der Waals surface area (Å²) >= 11 is 0. The summed E-state index contributed by atoms with van der Waals surface area (Å²) in [6, 6.07) is 22.6. The summed E-state index contributed by atoms with van der Waals surface area (Å²) in [6.07, 6.45) is 0. The van der Waals surface area contributed by atoms with Gasteiger partial charge in [0.05, 0.1) is 12.1 Å². The fourth-order valence-corrected chi connectivity index (χ4v) is 3.15. The van der Waals surface area contributed by atoms with Crippen molar-refractivity contribution in [1.29, 1.82) is 0 Å². The molecule has 0 aliphatic carbocycles. The van der Waals surface area contributed by atoms with Crippen LogP contribution in [0.3, 0.4) is 0 Å². The molecule has 0 aromatic heterocycles. The van der Waals surface area contributed by atoms with E-state index in [0.717, 1.165) is 11.1 Å². The molecule has 4 rings (SSSR count). The van der Waals surface area contributed by atoms with E-state index in [2.05, 4.69) is 5.32 Å². The normalized spacial score (nSPS) is 13.3. The number of benzene rings is 3. The molecule has 3 aromatic carbocycles. The van der Waals surface area contributed by atoms with Gasteiger partial charge in [-0.1, -0.05) is 42.5 Å². The van der Waals surface area contributed by atoms with Crippen LogP contribution in [0.5, 0.6) is 5.75 Å². The third kappa shape index (κ3) is 3.60. The number of rotatable bonds is 3. The van der Waals surface area contributed by atoms with Gasteiger partial charge >= 0.3 is 0 Å². The number of nitrogens with one attached hydrogen (secondary N) is 1. The van der Waals surface area contributed by atoms with Gasteiger partial charge in [0.15, 0.2) is 0 Å². The van der Waals surface area contributed by atoms with Crippen LogP contribution in [0.1, 0.15) is 20.7 Å². The summed E-state index contributed by atoms with van der Waals surface area (Å²) in [5.74, 6) is 0.199. The largest absolute Gasteiger partial charge is 0.491 e. The Hall–Kier alpha value is -3.60. The number of carbonyl (C=O) groups is 2. The molecule has 0 unspecified atom stereocenters. The number of likely N-dealkylation sites (N-methyl/N-ethyl adjacent to an activating group) is 1. The van der Waals surface area contributed by atoms with Crippen LogP contribution in [0.4, 0.5) is 5.69 Å². The van der Waals surface area contributed by atoms with Gasteiger partial charge in [-0.2, -0.15) is 0 Å². The molecule has 0 bridgehead atoms. The Morgan fingerprint density at radius 3 is 2.43 bits per heavy atom.